The fourth-order valence-corrected chi connectivity index (χ4v) is 4.14. The smallest absolute Gasteiger partial charge is 0.240 e. The van der Waals surface area contributed by atoms with Crippen LogP contribution in [0.3, 0.4) is 0 Å². The molecule has 2 N–H and O–H groups in total. The highest BCUT2D eigenvalue weighted by Crippen LogP contribution is 2.20. The number of likely N-dealkylation sites (tertiary alicyclic amines) is 1. The van der Waals surface area contributed by atoms with Gasteiger partial charge in [0, 0.05) is 13.1 Å². The standard InChI is InChI=1S/C16H26N2O4S/c1-13-10-15(22-2)6-7-16(13)23(20,21)17-11-14(19)12-18-8-4-3-5-9-18/h6-7,10,14,17,19H,3-5,8-9,11-12H2,1-2H3/t14-/m1/s1. The lowest BCUT2D eigenvalue weighted by atomic mass is 10.1. The number of nitrogens with zero attached hydrogens (tertiary/aromatic N) is 1. The molecule has 0 spiro atoms. The van der Waals surface area contributed by atoms with Gasteiger partial charge in [0.15, 0.2) is 0 Å². The van der Waals surface area contributed by atoms with Crippen molar-refractivity contribution in [2.45, 2.75) is 37.2 Å². The summed E-state index contributed by atoms with van der Waals surface area (Å²) in [6.07, 6.45) is 2.81. The van der Waals surface area contributed by atoms with Crippen LogP contribution in [0, 0.1) is 6.92 Å². The molecule has 7 heteroatoms. The van der Waals surface area contributed by atoms with E-state index in [2.05, 4.69) is 9.62 Å². The quantitative estimate of drug-likeness (QED) is 0.777. The van der Waals surface area contributed by atoms with Crippen molar-refractivity contribution in [3.05, 3.63) is 23.8 Å². The Bertz CT molecular complexity index is 613. The van der Waals surface area contributed by atoms with Crippen LogP contribution in [0.1, 0.15) is 24.8 Å². The fraction of sp³-hybridized carbons (Fsp3) is 0.625. The summed E-state index contributed by atoms with van der Waals surface area (Å²) in [4.78, 5) is 2.39. The summed E-state index contributed by atoms with van der Waals surface area (Å²) in [6.45, 7) is 4.19. The van der Waals surface area contributed by atoms with E-state index in [1.54, 1.807) is 19.1 Å². The zero-order valence-corrected chi connectivity index (χ0v) is 14.6. The van der Waals surface area contributed by atoms with E-state index in [1.807, 2.05) is 0 Å². The molecule has 23 heavy (non-hydrogen) atoms. The zero-order valence-electron chi connectivity index (χ0n) is 13.8. The number of aliphatic hydroxyl groups excluding tert-OH is 1. The first-order valence-electron chi connectivity index (χ1n) is 7.97. The predicted octanol–water partition coefficient (Wildman–Crippen LogP) is 1.13. The van der Waals surface area contributed by atoms with Crippen LogP contribution < -0.4 is 9.46 Å². The number of aryl methyl sites for hydroxylation is 1. The Kier molecular flexibility index (Phi) is 6.41. The van der Waals surface area contributed by atoms with Gasteiger partial charge in [0.05, 0.1) is 18.1 Å². The third-order valence-corrected chi connectivity index (χ3v) is 5.68. The number of benzene rings is 1. The van der Waals surface area contributed by atoms with Crippen LogP contribution in [-0.2, 0) is 10.0 Å². The summed E-state index contributed by atoms with van der Waals surface area (Å²) in [5.74, 6) is 0.617. The highest BCUT2D eigenvalue weighted by atomic mass is 32.2. The molecule has 6 nitrogen and oxygen atoms in total. The van der Waals surface area contributed by atoms with Gasteiger partial charge < -0.3 is 14.7 Å². The zero-order chi connectivity index (χ0) is 16.9. The molecule has 1 aromatic rings. The van der Waals surface area contributed by atoms with Crippen LogP contribution in [0.4, 0.5) is 0 Å². The van der Waals surface area contributed by atoms with Gasteiger partial charge in [0.25, 0.3) is 0 Å². The number of hydrogen-bond donors (Lipinski definition) is 2. The normalized spacial score (nSPS) is 17.9. The molecule has 0 radical (unpaired) electrons. The third kappa shape index (κ3) is 5.17. The van der Waals surface area contributed by atoms with Crippen molar-refractivity contribution in [3.63, 3.8) is 0 Å². The summed E-state index contributed by atoms with van der Waals surface area (Å²) in [5.41, 5.74) is 0.613. The number of methoxy groups -OCH3 is 1. The predicted molar refractivity (Wildman–Crippen MR) is 89.2 cm³/mol. The maximum absolute atomic E-state index is 12.4. The molecule has 0 aromatic heterocycles. The van der Waals surface area contributed by atoms with Crippen molar-refractivity contribution in [1.29, 1.82) is 0 Å². The van der Waals surface area contributed by atoms with Crippen LogP contribution in [0.2, 0.25) is 0 Å². The average Bonchev–Trinajstić information content (AvgIpc) is 2.53. The molecular formula is C16H26N2O4S. The summed E-state index contributed by atoms with van der Waals surface area (Å²) in [7, 11) is -2.10. The first-order valence-corrected chi connectivity index (χ1v) is 9.45. The first-order chi connectivity index (χ1) is 10.9. The van der Waals surface area contributed by atoms with Gasteiger partial charge >= 0.3 is 0 Å². The molecule has 1 heterocycles. The Morgan fingerprint density at radius 2 is 2.00 bits per heavy atom. The molecule has 1 saturated heterocycles. The Hall–Kier alpha value is -1.15. The largest absolute Gasteiger partial charge is 0.497 e. The lowest BCUT2D eigenvalue weighted by Gasteiger charge is -2.28. The van der Waals surface area contributed by atoms with Crippen molar-refractivity contribution in [2.75, 3.05) is 33.3 Å². The van der Waals surface area contributed by atoms with E-state index in [1.165, 1.54) is 19.6 Å². The third-order valence-electron chi connectivity index (χ3n) is 4.10. The molecule has 1 atom stereocenters. The number of hydrogen-bond acceptors (Lipinski definition) is 5. The van der Waals surface area contributed by atoms with Gasteiger partial charge in [-0.25, -0.2) is 13.1 Å². The monoisotopic (exact) mass is 342 g/mol. The van der Waals surface area contributed by atoms with E-state index in [9.17, 15) is 13.5 Å². The number of rotatable bonds is 7. The maximum atomic E-state index is 12.4. The van der Waals surface area contributed by atoms with Crippen molar-refractivity contribution in [3.8, 4) is 5.75 Å². The fourth-order valence-electron chi connectivity index (χ4n) is 2.84. The Labute approximate surface area is 138 Å². The second kappa shape index (κ2) is 8.10. The van der Waals surface area contributed by atoms with E-state index in [-0.39, 0.29) is 11.4 Å². The number of β-amino-alcohol motifs (C(OH)–C–C–N with tert-alkyl or cyclic N) is 1. The summed E-state index contributed by atoms with van der Waals surface area (Å²) < 4.78 is 32.3. The molecule has 130 valence electrons. The van der Waals surface area contributed by atoms with Crippen molar-refractivity contribution in [1.82, 2.24) is 9.62 Å². The minimum Gasteiger partial charge on any atom is -0.497 e. The molecule has 0 amide bonds. The van der Waals surface area contributed by atoms with E-state index < -0.39 is 16.1 Å². The second-order valence-corrected chi connectivity index (χ2v) is 7.73. The highest BCUT2D eigenvalue weighted by Gasteiger charge is 2.20. The molecule has 0 saturated carbocycles. The lowest BCUT2D eigenvalue weighted by molar-refractivity contribution is 0.104. The van der Waals surface area contributed by atoms with Gasteiger partial charge in [0.2, 0.25) is 10.0 Å². The van der Waals surface area contributed by atoms with Gasteiger partial charge in [0.1, 0.15) is 5.75 Å². The SMILES string of the molecule is COc1ccc(S(=O)(=O)NC[C@@H](O)CN2CCCCC2)c(C)c1. The number of ether oxygens (including phenoxy) is 1. The highest BCUT2D eigenvalue weighted by molar-refractivity contribution is 7.89. The van der Waals surface area contributed by atoms with Gasteiger partial charge in [-0.05, 0) is 56.6 Å². The Morgan fingerprint density at radius 3 is 2.61 bits per heavy atom. The minimum atomic E-state index is -3.64. The topological polar surface area (TPSA) is 78.9 Å². The minimum absolute atomic E-state index is 0.0182. The van der Waals surface area contributed by atoms with E-state index in [0.717, 1.165) is 25.9 Å². The van der Waals surface area contributed by atoms with Crippen molar-refractivity contribution >= 4 is 10.0 Å². The average molecular weight is 342 g/mol. The van der Waals surface area contributed by atoms with Gasteiger partial charge in [-0.3, -0.25) is 0 Å². The van der Waals surface area contributed by atoms with Crippen molar-refractivity contribution < 1.29 is 18.3 Å². The van der Waals surface area contributed by atoms with E-state index in [4.69, 9.17) is 4.74 Å². The number of aliphatic hydroxyl groups is 1. The van der Waals surface area contributed by atoms with Crippen LogP contribution >= 0.6 is 0 Å². The second-order valence-electron chi connectivity index (χ2n) is 6.00. The lowest BCUT2D eigenvalue weighted by Crippen LogP contribution is -2.42. The molecule has 1 aliphatic rings. The van der Waals surface area contributed by atoms with Crippen LogP contribution in [-0.4, -0.2) is 57.8 Å². The summed E-state index contributed by atoms with van der Waals surface area (Å²) >= 11 is 0. The molecule has 1 aliphatic heterocycles. The Balaban J connectivity index is 1.92. The molecule has 2 rings (SSSR count). The molecule has 1 fully saturated rings. The molecular weight excluding hydrogens is 316 g/mol. The molecule has 1 aromatic carbocycles. The first kappa shape index (κ1) is 18.2. The molecule has 0 unspecified atom stereocenters. The maximum Gasteiger partial charge on any atom is 0.240 e. The number of sulfonamides is 1. The van der Waals surface area contributed by atoms with Crippen LogP contribution in [0.15, 0.2) is 23.1 Å². The van der Waals surface area contributed by atoms with Gasteiger partial charge in [-0.1, -0.05) is 6.42 Å². The van der Waals surface area contributed by atoms with Gasteiger partial charge in [-0.15, -0.1) is 0 Å². The van der Waals surface area contributed by atoms with Crippen molar-refractivity contribution in [2.24, 2.45) is 0 Å². The summed E-state index contributed by atoms with van der Waals surface area (Å²) in [5, 5.41) is 10.1. The number of nitrogens with one attached hydrogen (secondary N) is 1. The van der Waals surface area contributed by atoms with E-state index >= 15 is 0 Å². The molecule has 0 aliphatic carbocycles. The Morgan fingerprint density at radius 1 is 1.30 bits per heavy atom. The number of piperidine rings is 1. The molecule has 0 bridgehead atoms. The van der Waals surface area contributed by atoms with E-state index in [0.29, 0.717) is 17.9 Å². The van der Waals surface area contributed by atoms with Gasteiger partial charge in [-0.2, -0.15) is 0 Å². The summed E-state index contributed by atoms with van der Waals surface area (Å²) in [6, 6.07) is 4.82. The van der Waals surface area contributed by atoms with Crippen LogP contribution in [0.5, 0.6) is 5.75 Å². The van der Waals surface area contributed by atoms with Crippen LogP contribution in [0.25, 0.3) is 0 Å².